The van der Waals surface area contributed by atoms with Crippen LogP contribution in [0.4, 0.5) is 4.39 Å². The number of rotatable bonds is 3. The molecule has 19 heavy (non-hydrogen) atoms. The van der Waals surface area contributed by atoms with Crippen molar-refractivity contribution in [2.24, 2.45) is 0 Å². The third kappa shape index (κ3) is 3.34. The third-order valence-electron chi connectivity index (χ3n) is 4.60. The van der Waals surface area contributed by atoms with E-state index in [0.717, 1.165) is 13.1 Å². The second-order valence-electron chi connectivity index (χ2n) is 5.96. The molecule has 2 nitrogen and oxygen atoms in total. The molecule has 0 aromatic heterocycles. The van der Waals surface area contributed by atoms with Crippen molar-refractivity contribution in [1.29, 1.82) is 0 Å². The SMILES string of the molecule is Fc1ccc(C2CCC(NC3CCNC3)CC2)cc1. The molecule has 104 valence electrons. The van der Waals surface area contributed by atoms with Gasteiger partial charge >= 0.3 is 0 Å². The maximum Gasteiger partial charge on any atom is 0.123 e. The van der Waals surface area contributed by atoms with Crippen LogP contribution in [0.25, 0.3) is 0 Å². The second-order valence-corrected chi connectivity index (χ2v) is 5.96. The molecule has 0 bridgehead atoms. The lowest BCUT2D eigenvalue weighted by molar-refractivity contribution is 0.319. The Labute approximate surface area is 114 Å². The van der Waals surface area contributed by atoms with Crippen molar-refractivity contribution in [3.8, 4) is 0 Å². The van der Waals surface area contributed by atoms with Crippen LogP contribution in [-0.2, 0) is 0 Å². The zero-order valence-corrected chi connectivity index (χ0v) is 11.4. The Balaban J connectivity index is 1.50. The van der Waals surface area contributed by atoms with Crippen LogP contribution >= 0.6 is 0 Å². The second kappa shape index (κ2) is 6.02. The van der Waals surface area contributed by atoms with Gasteiger partial charge in [-0.1, -0.05) is 12.1 Å². The van der Waals surface area contributed by atoms with Gasteiger partial charge in [-0.05, 0) is 62.3 Å². The molecule has 1 aliphatic carbocycles. The fourth-order valence-electron chi connectivity index (χ4n) is 3.46. The third-order valence-corrected chi connectivity index (χ3v) is 4.60. The minimum atomic E-state index is -0.132. The number of hydrogen-bond donors (Lipinski definition) is 2. The average Bonchev–Trinajstić information content (AvgIpc) is 2.94. The highest BCUT2D eigenvalue weighted by Crippen LogP contribution is 2.33. The van der Waals surface area contributed by atoms with Crippen LogP contribution in [0.3, 0.4) is 0 Å². The predicted molar refractivity (Wildman–Crippen MR) is 75.8 cm³/mol. The number of halogens is 1. The van der Waals surface area contributed by atoms with Crippen LogP contribution in [-0.4, -0.2) is 25.2 Å². The van der Waals surface area contributed by atoms with Gasteiger partial charge in [0, 0.05) is 18.6 Å². The van der Waals surface area contributed by atoms with Gasteiger partial charge in [-0.3, -0.25) is 0 Å². The first-order chi connectivity index (χ1) is 9.31. The molecule has 1 heterocycles. The monoisotopic (exact) mass is 262 g/mol. The summed E-state index contributed by atoms with van der Waals surface area (Å²) in [5.74, 6) is 0.494. The summed E-state index contributed by atoms with van der Waals surface area (Å²) in [5, 5.41) is 7.18. The molecular weight excluding hydrogens is 239 g/mol. The zero-order valence-electron chi connectivity index (χ0n) is 11.4. The van der Waals surface area contributed by atoms with Crippen LogP contribution in [0.1, 0.15) is 43.6 Å². The molecule has 2 aliphatic rings. The van der Waals surface area contributed by atoms with E-state index in [9.17, 15) is 4.39 Å². The highest BCUT2D eigenvalue weighted by molar-refractivity contribution is 5.21. The lowest BCUT2D eigenvalue weighted by Crippen LogP contribution is -2.41. The van der Waals surface area contributed by atoms with E-state index in [0.29, 0.717) is 18.0 Å². The van der Waals surface area contributed by atoms with Crippen LogP contribution in [0.5, 0.6) is 0 Å². The molecule has 1 saturated heterocycles. The van der Waals surface area contributed by atoms with Gasteiger partial charge in [0.2, 0.25) is 0 Å². The van der Waals surface area contributed by atoms with Crippen LogP contribution in [0.15, 0.2) is 24.3 Å². The van der Waals surface area contributed by atoms with Crippen molar-refractivity contribution < 1.29 is 4.39 Å². The summed E-state index contributed by atoms with van der Waals surface area (Å²) in [6.45, 7) is 2.28. The number of benzene rings is 1. The molecule has 1 aromatic rings. The molecule has 1 aromatic carbocycles. The van der Waals surface area contributed by atoms with E-state index in [1.807, 2.05) is 12.1 Å². The van der Waals surface area contributed by atoms with Gasteiger partial charge in [0.25, 0.3) is 0 Å². The van der Waals surface area contributed by atoms with Crippen molar-refractivity contribution in [1.82, 2.24) is 10.6 Å². The molecule has 1 aliphatic heterocycles. The van der Waals surface area contributed by atoms with Gasteiger partial charge in [-0.2, -0.15) is 0 Å². The van der Waals surface area contributed by atoms with Gasteiger partial charge < -0.3 is 10.6 Å². The average molecular weight is 262 g/mol. The van der Waals surface area contributed by atoms with E-state index in [1.54, 1.807) is 12.1 Å². The maximum absolute atomic E-state index is 12.9. The van der Waals surface area contributed by atoms with Crippen molar-refractivity contribution >= 4 is 0 Å². The van der Waals surface area contributed by atoms with E-state index < -0.39 is 0 Å². The van der Waals surface area contributed by atoms with Crippen LogP contribution in [0, 0.1) is 5.82 Å². The molecule has 2 fully saturated rings. The highest BCUT2D eigenvalue weighted by atomic mass is 19.1. The molecule has 0 spiro atoms. The molecular formula is C16H23FN2. The topological polar surface area (TPSA) is 24.1 Å². The molecule has 3 heteroatoms. The summed E-state index contributed by atoms with van der Waals surface area (Å²) < 4.78 is 12.9. The van der Waals surface area contributed by atoms with E-state index in [2.05, 4.69) is 10.6 Å². The first-order valence-electron chi connectivity index (χ1n) is 7.53. The Morgan fingerprint density at radius 3 is 2.32 bits per heavy atom. The number of nitrogens with one attached hydrogen (secondary N) is 2. The largest absolute Gasteiger partial charge is 0.315 e. The normalized spacial score (nSPS) is 31.5. The summed E-state index contributed by atoms with van der Waals surface area (Å²) >= 11 is 0. The summed E-state index contributed by atoms with van der Waals surface area (Å²) in [4.78, 5) is 0. The fourth-order valence-corrected chi connectivity index (χ4v) is 3.46. The first-order valence-corrected chi connectivity index (χ1v) is 7.53. The Morgan fingerprint density at radius 2 is 1.68 bits per heavy atom. The quantitative estimate of drug-likeness (QED) is 0.875. The lowest BCUT2D eigenvalue weighted by atomic mass is 9.81. The lowest BCUT2D eigenvalue weighted by Gasteiger charge is -2.31. The smallest absolute Gasteiger partial charge is 0.123 e. The van der Waals surface area contributed by atoms with E-state index in [-0.39, 0.29) is 5.82 Å². The summed E-state index contributed by atoms with van der Waals surface area (Å²) in [7, 11) is 0. The number of hydrogen-bond acceptors (Lipinski definition) is 2. The van der Waals surface area contributed by atoms with Gasteiger partial charge in [0.05, 0.1) is 0 Å². The predicted octanol–water partition coefficient (Wildman–Crippen LogP) is 2.80. The molecule has 3 rings (SSSR count). The van der Waals surface area contributed by atoms with Gasteiger partial charge in [0.1, 0.15) is 5.82 Å². The van der Waals surface area contributed by atoms with Crippen molar-refractivity contribution in [2.45, 2.75) is 50.1 Å². The van der Waals surface area contributed by atoms with Gasteiger partial charge in [0.15, 0.2) is 0 Å². The molecule has 0 radical (unpaired) electrons. The maximum atomic E-state index is 12.9. The van der Waals surface area contributed by atoms with Crippen molar-refractivity contribution in [3.63, 3.8) is 0 Å². The van der Waals surface area contributed by atoms with E-state index in [4.69, 9.17) is 0 Å². The Hall–Kier alpha value is -0.930. The van der Waals surface area contributed by atoms with Crippen molar-refractivity contribution in [2.75, 3.05) is 13.1 Å². The van der Waals surface area contributed by atoms with Gasteiger partial charge in [-0.15, -0.1) is 0 Å². The summed E-state index contributed by atoms with van der Waals surface area (Å²) in [5.41, 5.74) is 1.31. The summed E-state index contributed by atoms with van der Waals surface area (Å²) in [6, 6.07) is 8.44. The fraction of sp³-hybridized carbons (Fsp3) is 0.625. The van der Waals surface area contributed by atoms with Crippen LogP contribution in [0.2, 0.25) is 0 Å². The first kappa shape index (κ1) is 13.1. The molecule has 1 atom stereocenters. The van der Waals surface area contributed by atoms with E-state index in [1.165, 1.54) is 37.7 Å². The zero-order chi connectivity index (χ0) is 13.1. The minimum absolute atomic E-state index is 0.132. The van der Waals surface area contributed by atoms with Crippen molar-refractivity contribution in [3.05, 3.63) is 35.6 Å². The Kier molecular flexibility index (Phi) is 4.14. The standard InChI is InChI=1S/C16H23FN2/c17-14-5-1-12(2-6-14)13-3-7-15(8-4-13)19-16-9-10-18-11-16/h1-2,5-6,13,15-16,18-19H,3-4,7-11H2. The van der Waals surface area contributed by atoms with Gasteiger partial charge in [-0.25, -0.2) is 4.39 Å². The molecule has 0 amide bonds. The van der Waals surface area contributed by atoms with E-state index >= 15 is 0 Å². The summed E-state index contributed by atoms with van der Waals surface area (Å²) in [6.07, 6.45) is 6.21. The molecule has 1 unspecified atom stereocenters. The minimum Gasteiger partial charge on any atom is -0.315 e. The molecule has 1 saturated carbocycles. The Bertz CT molecular complexity index is 390. The molecule has 2 N–H and O–H groups in total. The van der Waals surface area contributed by atoms with Crippen LogP contribution < -0.4 is 10.6 Å². The highest BCUT2D eigenvalue weighted by Gasteiger charge is 2.25. The Morgan fingerprint density at radius 1 is 0.947 bits per heavy atom.